The molecule has 0 radical (unpaired) electrons. The van der Waals surface area contributed by atoms with Crippen molar-refractivity contribution in [1.29, 1.82) is 0 Å². The highest BCUT2D eigenvalue weighted by Crippen LogP contribution is 2.34. The maximum absolute atomic E-state index is 12.1. The SMILES string of the molecule is Cc1cccc(COc2ccc(Nc3ncnc4cccc(OC[C@@H]5CCCN5C(=O)CO)c34)cc2Cl)n1. The minimum atomic E-state index is -0.498. The number of amides is 1. The number of hydrogen-bond acceptors (Lipinski definition) is 8. The van der Waals surface area contributed by atoms with Gasteiger partial charge in [0, 0.05) is 17.9 Å². The molecule has 10 heteroatoms. The van der Waals surface area contributed by atoms with E-state index in [-0.39, 0.29) is 11.9 Å². The minimum Gasteiger partial charge on any atom is -0.491 e. The zero-order valence-corrected chi connectivity index (χ0v) is 21.7. The molecule has 1 aliphatic heterocycles. The van der Waals surface area contributed by atoms with Crippen molar-refractivity contribution < 1.29 is 19.4 Å². The zero-order chi connectivity index (χ0) is 26.5. The number of nitrogens with zero attached hydrogens (tertiary/aromatic N) is 4. The molecule has 2 aromatic heterocycles. The molecule has 38 heavy (non-hydrogen) atoms. The number of rotatable bonds is 9. The molecule has 9 nitrogen and oxygen atoms in total. The van der Waals surface area contributed by atoms with Gasteiger partial charge in [-0.05, 0) is 62.2 Å². The van der Waals surface area contributed by atoms with Gasteiger partial charge >= 0.3 is 0 Å². The number of benzene rings is 2. The van der Waals surface area contributed by atoms with Crippen molar-refractivity contribution in [2.75, 3.05) is 25.1 Å². The van der Waals surface area contributed by atoms with Crippen molar-refractivity contribution in [2.45, 2.75) is 32.4 Å². The summed E-state index contributed by atoms with van der Waals surface area (Å²) in [4.78, 5) is 27.0. The lowest BCUT2D eigenvalue weighted by Crippen LogP contribution is -2.40. The molecule has 1 fully saturated rings. The number of hydrogen-bond donors (Lipinski definition) is 2. The summed E-state index contributed by atoms with van der Waals surface area (Å²) in [6, 6.07) is 16.7. The second-order valence-corrected chi connectivity index (χ2v) is 9.46. The number of ether oxygens (including phenoxy) is 2. The third-order valence-corrected chi connectivity index (χ3v) is 6.70. The molecule has 2 N–H and O–H groups in total. The third kappa shape index (κ3) is 5.79. The third-order valence-electron chi connectivity index (χ3n) is 6.40. The summed E-state index contributed by atoms with van der Waals surface area (Å²) in [5.74, 6) is 1.44. The van der Waals surface area contributed by atoms with Crippen LogP contribution in [0.1, 0.15) is 24.2 Å². The Morgan fingerprint density at radius 1 is 1.13 bits per heavy atom. The van der Waals surface area contributed by atoms with Crippen molar-refractivity contribution in [1.82, 2.24) is 19.9 Å². The molecule has 4 aromatic rings. The molecule has 0 aliphatic carbocycles. The van der Waals surface area contributed by atoms with E-state index in [4.69, 9.17) is 21.1 Å². The summed E-state index contributed by atoms with van der Waals surface area (Å²) in [5.41, 5.74) is 3.19. The number of likely N-dealkylation sites (tertiary alicyclic amines) is 1. The summed E-state index contributed by atoms with van der Waals surface area (Å²) in [5, 5.41) is 13.8. The van der Waals surface area contributed by atoms with Crippen LogP contribution in [0, 0.1) is 6.92 Å². The lowest BCUT2D eigenvalue weighted by molar-refractivity contribution is -0.135. The maximum atomic E-state index is 12.1. The van der Waals surface area contributed by atoms with E-state index in [2.05, 4.69) is 20.3 Å². The van der Waals surface area contributed by atoms with E-state index in [1.807, 2.05) is 49.4 Å². The van der Waals surface area contributed by atoms with Crippen LogP contribution >= 0.6 is 11.6 Å². The Hall–Kier alpha value is -3.95. The first-order valence-corrected chi connectivity index (χ1v) is 12.8. The molecule has 2 aromatic carbocycles. The summed E-state index contributed by atoms with van der Waals surface area (Å²) in [7, 11) is 0. The molecule has 0 unspecified atom stereocenters. The normalized spacial score (nSPS) is 15.0. The number of aryl methyl sites for hydroxylation is 1. The van der Waals surface area contributed by atoms with E-state index in [1.165, 1.54) is 6.33 Å². The van der Waals surface area contributed by atoms with Gasteiger partial charge in [0.25, 0.3) is 0 Å². The van der Waals surface area contributed by atoms with Gasteiger partial charge in [-0.1, -0.05) is 23.7 Å². The molecule has 5 rings (SSSR count). The number of nitrogens with one attached hydrogen (secondary N) is 1. The fourth-order valence-electron chi connectivity index (χ4n) is 4.57. The molecule has 0 spiro atoms. The summed E-state index contributed by atoms with van der Waals surface area (Å²) in [6.07, 6.45) is 3.19. The van der Waals surface area contributed by atoms with Crippen LogP contribution in [0.2, 0.25) is 5.02 Å². The second kappa shape index (κ2) is 11.6. The number of aliphatic hydroxyl groups is 1. The molecule has 1 atom stereocenters. The molecular weight excluding hydrogens is 506 g/mol. The standard InChI is InChI=1S/C28H28ClN5O4/c1-18-5-2-6-20(32-18)15-37-24-11-10-19(13-22(24)29)33-28-27-23(30-17-31-28)8-3-9-25(27)38-16-21-7-4-12-34(21)26(36)14-35/h2-3,5-6,8-11,13,17,21,35H,4,7,12,14-16H2,1H3,(H,30,31,33)/t21-/m0/s1. The highest BCUT2D eigenvalue weighted by atomic mass is 35.5. The first-order valence-electron chi connectivity index (χ1n) is 12.4. The number of carbonyl (C=O) groups excluding carboxylic acids is 1. The molecule has 3 heterocycles. The first kappa shape index (κ1) is 25.7. The van der Waals surface area contributed by atoms with E-state index < -0.39 is 6.61 Å². The predicted octanol–water partition coefficient (Wildman–Crippen LogP) is 4.67. The number of pyridine rings is 1. The molecule has 1 saturated heterocycles. The largest absolute Gasteiger partial charge is 0.491 e. The van der Waals surface area contributed by atoms with Gasteiger partial charge in [-0.25, -0.2) is 9.97 Å². The Labute approximate surface area is 225 Å². The minimum absolute atomic E-state index is 0.0905. The van der Waals surface area contributed by atoms with Crippen LogP contribution in [0.3, 0.4) is 0 Å². The van der Waals surface area contributed by atoms with Crippen LogP contribution in [0.25, 0.3) is 10.9 Å². The Kier molecular flexibility index (Phi) is 7.86. The first-order chi connectivity index (χ1) is 18.5. The lowest BCUT2D eigenvalue weighted by Gasteiger charge is -2.24. The number of fused-ring (bicyclic) bond motifs is 1. The highest BCUT2D eigenvalue weighted by molar-refractivity contribution is 6.32. The Bertz CT molecular complexity index is 1440. The quantitative estimate of drug-likeness (QED) is 0.319. The van der Waals surface area contributed by atoms with Crippen molar-refractivity contribution in [3.63, 3.8) is 0 Å². The van der Waals surface area contributed by atoms with Gasteiger partial charge in [0.15, 0.2) is 0 Å². The second-order valence-electron chi connectivity index (χ2n) is 9.05. The summed E-state index contributed by atoms with van der Waals surface area (Å²) in [6.45, 7) is 2.69. The van der Waals surface area contributed by atoms with Gasteiger partial charge in [-0.15, -0.1) is 0 Å². The van der Waals surface area contributed by atoms with Gasteiger partial charge < -0.3 is 24.8 Å². The Morgan fingerprint density at radius 2 is 2.00 bits per heavy atom. The molecule has 1 amide bonds. The number of aromatic nitrogens is 3. The van der Waals surface area contributed by atoms with E-state index >= 15 is 0 Å². The van der Waals surface area contributed by atoms with E-state index in [1.54, 1.807) is 17.0 Å². The average Bonchev–Trinajstić information content (AvgIpc) is 3.40. The number of carbonyl (C=O) groups is 1. The van der Waals surface area contributed by atoms with Gasteiger partial charge in [0.1, 0.15) is 43.5 Å². The number of aliphatic hydroxyl groups excluding tert-OH is 1. The van der Waals surface area contributed by atoms with Crippen LogP contribution in [-0.4, -0.2) is 56.7 Å². The van der Waals surface area contributed by atoms with Crippen molar-refractivity contribution in [3.05, 3.63) is 77.3 Å². The van der Waals surface area contributed by atoms with Crippen LogP contribution in [-0.2, 0) is 11.4 Å². The van der Waals surface area contributed by atoms with Crippen LogP contribution in [0.4, 0.5) is 11.5 Å². The molecular formula is C28H28ClN5O4. The van der Waals surface area contributed by atoms with Gasteiger partial charge in [0.05, 0.1) is 27.7 Å². The molecule has 0 saturated carbocycles. The van der Waals surface area contributed by atoms with Gasteiger partial charge in [-0.3, -0.25) is 9.78 Å². The maximum Gasteiger partial charge on any atom is 0.248 e. The lowest BCUT2D eigenvalue weighted by atomic mass is 10.2. The zero-order valence-electron chi connectivity index (χ0n) is 20.9. The predicted molar refractivity (Wildman–Crippen MR) is 145 cm³/mol. The smallest absolute Gasteiger partial charge is 0.248 e. The summed E-state index contributed by atoms with van der Waals surface area (Å²) >= 11 is 6.52. The fourth-order valence-corrected chi connectivity index (χ4v) is 4.81. The molecule has 1 aliphatic rings. The van der Waals surface area contributed by atoms with Crippen LogP contribution in [0.5, 0.6) is 11.5 Å². The number of anilines is 2. The monoisotopic (exact) mass is 533 g/mol. The Balaban J connectivity index is 1.32. The van der Waals surface area contributed by atoms with E-state index in [9.17, 15) is 9.90 Å². The van der Waals surface area contributed by atoms with Crippen LogP contribution in [0.15, 0.2) is 60.9 Å². The van der Waals surface area contributed by atoms with Crippen molar-refractivity contribution in [3.8, 4) is 11.5 Å². The average molecular weight is 534 g/mol. The number of halogens is 1. The summed E-state index contributed by atoms with van der Waals surface area (Å²) < 4.78 is 12.1. The fraction of sp³-hybridized carbons (Fsp3) is 0.286. The Morgan fingerprint density at radius 3 is 2.82 bits per heavy atom. The van der Waals surface area contributed by atoms with E-state index in [0.717, 1.165) is 35.3 Å². The van der Waals surface area contributed by atoms with E-state index in [0.29, 0.717) is 47.6 Å². The highest BCUT2D eigenvalue weighted by Gasteiger charge is 2.29. The van der Waals surface area contributed by atoms with Gasteiger partial charge in [-0.2, -0.15) is 0 Å². The molecule has 196 valence electrons. The van der Waals surface area contributed by atoms with Gasteiger partial charge in [0.2, 0.25) is 5.91 Å². The van der Waals surface area contributed by atoms with Crippen molar-refractivity contribution >= 4 is 39.9 Å². The topological polar surface area (TPSA) is 110 Å². The van der Waals surface area contributed by atoms with Crippen molar-refractivity contribution in [2.24, 2.45) is 0 Å². The van der Waals surface area contributed by atoms with Crippen LogP contribution < -0.4 is 14.8 Å². The molecule has 0 bridgehead atoms.